The van der Waals surface area contributed by atoms with Crippen LogP contribution >= 0.6 is 0 Å². The van der Waals surface area contributed by atoms with Crippen LogP contribution in [0.25, 0.3) is 0 Å². The van der Waals surface area contributed by atoms with E-state index in [0.717, 1.165) is 11.1 Å². The van der Waals surface area contributed by atoms with Crippen molar-refractivity contribution in [2.45, 2.75) is 12.9 Å². The smallest absolute Gasteiger partial charge is 0.183 e. The third-order valence-corrected chi connectivity index (χ3v) is 1.96. The third-order valence-electron chi connectivity index (χ3n) is 1.96. The number of hydrogen-bond donors (Lipinski definition) is 0. The van der Waals surface area contributed by atoms with Gasteiger partial charge in [-0.25, -0.2) is 0 Å². The Morgan fingerprint density at radius 1 is 1.14 bits per heavy atom. The summed E-state index contributed by atoms with van der Waals surface area (Å²) in [4.78, 5) is 0. The molecule has 0 aliphatic carbocycles. The molecule has 14 heavy (non-hydrogen) atoms. The van der Waals surface area contributed by atoms with Gasteiger partial charge < -0.3 is 14.2 Å². The molecule has 0 aromatic heterocycles. The van der Waals surface area contributed by atoms with E-state index in [0.29, 0.717) is 6.61 Å². The summed E-state index contributed by atoms with van der Waals surface area (Å²) in [6, 6.07) is 7.96. The van der Waals surface area contributed by atoms with E-state index < -0.39 is 0 Å². The van der Waals surface area contributed by atoms with Crippen molar-refractivity contribution in [3.05, 3.63) is 35.4 Å². The summed E-state index contributed by atoms with van der Waals surface area (Å²) in [5, 5.41) is 0. The molecule has 0 aliphatic rings. The van der Waals surface area contributed by atoms with E-state index in [4.69, 9.17) is 14.2 Å². The van der Waals surface area contributed by atoms with E-state index in [1.807, 2.05) is 24.3 Å². The highest BCUT2D eigenvalue weighted by atomic mass is 16.7. The van der Waals surface area contributed by atoms with Gasteiger partial charge in [0.15, 0.2) is 6.29 Å². The minimum atomic E-state index is -0.299. The summed E-state index contributed by atoms with van der Waals surface area (Å²) in [5.74, 6) is 0. The minimum Gasteiger partial charge on any atom is -0.380 e. The zero-order chi connectivity index (χ0) is 10.4. The average molecular weight is 196 g/mol. The van der Waals surface area contributed by atoms with Gasteiger partial charge in [0.25, 0.3) is 0 Å². The Kier molecular flexibility index (Phi) is 4.59. The largest absolute Gasteiger partial charge is 0.380 e. The summed E-state index contributed by atoms with van der Waals surface area (Å²) < 4.78 is 15.4. The van der Waals surface area contributed by atoms with Gasteiger partial charge in [-0.1, -0.05) is 18.2 Å². The molecule has 1 aromatic carbocycles. The topological polar surface area (TPSA) is 27.7 Å². The first kappa shape index (κ1) is 11.2. The SMILES string of the molecule is COCc1cccc(C(OC)OC)c1. The van der Waals surface area contributed by atoms with Gasteiger partial charge in [0, 0.05) is 26.9 Å². The lowest BCUT2D eigenvalue weighted by Gasteiger charge is -2.14. The summed E-state index contributed by atoms with van der Waals surface area (Å²) in [6.45, 7) is 0.605. The van der Waals surface area contributed by atoms with Crippen molar-refractivity contribution in [1.29, 1.82) is 0 Å². The van der Waals surface area contributed by atoms with Gasteiger partial charge in [0.05, 0.1) is 6.61 Å². The van der Waals surface area contributed by atoms with E-state index >= 15 is 0 Å². The van der Waals surface area contributed by atoms with Crippen molar-refractivity contribution in [2.75, 3.05) is 21.3 Å². The van der Waals surface area contributed by atoms with Gasteiger partial charge in [-0.2, -0.15) is 0 Å². The second kappa shape index (κ2) is 5.75. The summed E-state index contributed by atoms with van der Waals surface area (Å²) >= 11 is 0. The van der Waals surface area contributed by atoms with Gasteiger partial charge in [-0.05, 0) is 11.6 Å². The molecule has 0 radical (unpaired) electrons. The molecular weight excluding hydrogens is 180 g/mol. The Morgan fingerprint density at radius 3 is 2.43 bits per heavy atom. The molecule has 0 heterocycles. The van der Waals surface area contributed by atoms with Gasteiger partial charge in [-0.3, -0.25) is 0 Å². The van der Waals surface area contributed by atoms with E-state index in [9.17, 15) is 0 Å². The molecule has 0 spiro atoms. The second-order valence-corrected chi connectivity index (χ2v) is 2.98. The highest BCUT2D eigenvalue weighted by molar-refractivity contribution is 5.23. The van der Waals surface area contributed by atoms with Gasteiger partial charge in [0.1, 0.15) is 0 Å². The molecule has 1 aromatic rings. The third kappa shape index (κ3) is 2.80. The van der Waals surface area contributed by atoms with Crippen molar-refractivity contribution in [3.8, 4) is 0 Å². The molecule has 0 bridgehead atoms. The predicted octanol–water partition coefficient (Wildman–Crippen LogP) is 2.12. The highest BCUT2D eigenvalue weighted by Gasteiger charge is 2.08. The average Bonchev–Trinajstić information content (AvgIpc) is 2.21. The van der Waals surface area contributed by atoms with E-state index in [1.165, 1.54) is 0 Å². The quantitative estimate of drug-likeness (QED) is 0.675. The first-order valence-corrected chi connectivity index (χ1v) is 4.45. The van der Waals surface area contributed by atoms with E-state index in [-0.39, 0.29) is 6.29 Å². The maximum Gasteiger partial charge on any atom is 0.183 e. The van der Waals surface area contributed by atoms with Crippen LogP contribution in [0.2, 0.25) is 0 Å². The molecule has 0 amide bonds. The Hall–Kier alpha value is -0.900. The van der Waals surface area contributed by atoms with Crippen molar-refractivity contribution < 1.29 is 14.2 Å². The van der Waals surface area contributed by atoms with Crippen molar-refractivity contribution in [3.63, 3.8) is 0 Å². The lowest BCUT2D eigenvalue weighted by molar-refractivity contribution is -0.106. The zero-order valence-corrected chi connectivity index (χ0v) is 8.82. The normalized spacial score (nSPS) is 10.9. The van der Waals surface area contributed by atoms with Crippen LogP contribution in [0.4, 0.5) is 0 Å². The van der Waals surface area contributed by atoms with Crippen LogP contribution in [0.15, 0.2) is 24.3 Å². The van der Waals surface area contributed by atoms with Gasteiger partial charge in [-0.15, -0.1) is 0 Å². The fourth-order valence-electron chi connectivity index (χ4n) is 1.36. The number of rotatable bonds is 5. The van der Waals surface area contributed by atoms with Crippen LogP contribution in [-0.4, -0.2) is 21.3 Å². The first-order chi connectivity index (χ1) is 6.81. The fraction of sp³-hybridized carbons (Fsp3) is 0.455. The summed E-state index contributed by atoms with van der Waals surface area (Å²) in [6.07, 6.45) is -0.299. The van der Waals surface area contributed by atoms with Crippen LogP contribution in [0.1, 0.15) is 17.4 Å². The summed E-state index contributed by atoms with van der Waals surface area (Å²) in [5.41, 5.74) is 2.12. The minimum absolute atomic E-state index is 0.299. The molecule has 3 heteroatoms. The fourth-order valence-corrected chi connectivity index (χ4v) is 1.36. The number of ether oxygens (including phenoxy) is 3. The maximum atomic E-state index is 5.16. The second-order valence-electron chi connectivity index (χ2n) is 2.98. The molecule has 0 saturated carbocycles. The monoisotopic (exact) mass is 196 g/mol. The number of hydrogen-bond acceptors (Lipinski definition) is 3. The predicted molar refractivity (Wildman–Crippen MR) is 53.9 cm³/mol. The molecule has 0 aliphatic heterocycles. The van der Waals surface area contributed by atoms with Crippen LogP contribution < -0.4 is 0 Å². The van der Waals surface area contributed by atoms with Crippen LogP contribution in [0.3, 0.4) is 0 Å². The molecule has 3 nitrogen and oxygen atoms in total. The Morgan fingerprint density at radius 2 is 1.86 bits per heavy atom. The Balaban J connectivity index is 2.81. The molecule has 0 atom stereocenters. The highest BCUT2D eigenvalue weighted by Crippen LogP contribution is 2.18. The van der Waals surface area contributed by atoms with Crippen LogP contribution in [0.5, 0.6) is 0 Å². The van der Waals surface area contributed by atoms with Crippen molar-refractivity contribution in [1.82, 2.24) is 0 Å². The molecule has 0 unspecified atom stereocenters. The van der Waals surface area contributed by atoms with Crippen molar-refractivity contribution in [2.24, 2.45) is 0 Å². The van der Waals surface area contributed by atoms with Gasteiger partial charge in [0.2, 0.25) is 0 Å². The Labute approximate surface area is 84.6 Å². The molecule has 0 saturated heterocycles. The molecule has 0 N–H and O–H groups in total. The number of methoxy groups -OCH3 is 3. The van der Waals surface area contributed by atoms with Crippen molar-refractivity contribution >= 4 is 0 Å². The Bertz CT molecular complexity index is 269. The van der Waals surface area contributed by atoms with Crippen LogP contribution in [0, 0.1) is 0 Å². The molecule has 1 rings (SSSR count). The lowest BCUT2D eigenvalue weighted by Crippen LogP contribution is -2.04. The van der Waals surface area contributed by atoms with Gasteiger partial charge >= 0.3 is 0 Å². The zero-order valence-electron chi connectivity index (χ0n) is 8.82. The molecule has 78 valence electrons. The molecular formula is C11H16O3. The maximum absolute atomic E-state index is 5.16. The lowest BCUT2D eigenvalue weighted by atomic mass is 10.1. The van der Waals surface area contributed by atoms with Crippen LogP contribution in [-0.2, 0) is 20.8 Å². The first-order valence-electron chi connectivity index (χ1n) is 4.45. The molecule has 0 fully saturated rings. The summed E-state index contributed by atoms with van der Waals surface area (Å²) in [7, 11) is 4.92. The van der Waals surface area contributed by atoms with E-state index in [1.54, 1.807) is 21.3 Å². The standard InChI is InChI=1S/C11H16O3/c1-12-8-9-5-4-6-10(7-9)11(13-2)14-3/h4-7,11H,8H2,1-3H3. The van der Waals surface area contributed by atoms with E-state index in [2.05, 4.69) is 0 Å². The number of benzene rings is 1.